The van der Waals surface area contributed by atoms with Crippen molar-refractivity contribution >= 4 is 0 Å². The van der Waals surface area contributed by atoms with Gasteiger partial charge in [0.15, 0.2) is 0 Å². The number of hydrogen-bond acceptors (Lipinski definition) is 4. The molecule has 0 amide bonds. The number of methoxy groups -OCH3 is 2. The Kier molecular flexibility index (Phi) is 2.92. The fourth-order valence-corrected chi connectivity index (χ4v) is 2.05. The summed E-state index contributed by atoms with van der Waals surface area (Å²) in [6, 6.07) is 3.56. The van der Waals surface area contributed by atoms with Crippen LogP contribution in [0.4, 0.5) is 0 Å². The minimum absolute atomic E-state index is 0.0241. The number of ether oxygens (including phenoxy) is 3. The molecule has 0 saturated carbocycles. The van der Waals surface area contributed by atoms with Crippen LogP contribution in [0.2, 0.25) is 0 Å². The second-order valence-electron chi connectivity index (χ2n) is 3.83. The van der Waals surface area contributed by atoms with E-state index in [4.69, 9.17) is 19.9 Å². The first-order valence-electron chi connectivity index (χ1n) is 5.39. The number of rotatable bonds is 3. The zero-order chi connectivity index (χ0) is 11.7. The van der Waals surface area contributed by atoms with Crippen LogP contribution in [0.3, 0.4) is 0 Å². The van der Waals surface area contributed by atoms with E-state index in [9.17, 15) is 0 Å². The van der Waals surface area contributed by atoms with Gasteiger partial charge < -0.3 is 19.9 Å². The minimum Gasteiger partial charge on any atom is -0.496 e. The van der Waals surface area contributed by atoms with Gasteiger partial charge in [-0.1, -0.05) is 6.92 Å². The molecule has 16 heavy (non-hydrogen) atoms. The lowest BCUT2D eigenvalue weighted by molar-refractivity contribution is 0.202. The van der Waals surface area contributed by atoms with Crippen molar-refractivity contribution in [1.82, 2.24) is 0 Å². The van der Waals surface area contributed by atoms with Gasteiger partial charge in [-0.3, -0.25) is 0 Å². The van der Waals surface area contributed by atoms with Gasteiger partial charge in [0.2, 0.25) is 0 Å². The monoisotopic (exact) mass is 223 g/mol. The summed E-state index contributed by atoms with van der Waals surface area (Å²) in [5.41, 5.74) is 7.06. The number of nitrogens with two attached hydrogens (primary N) is 1. The first-order valence-corrected chi connectivity index (χ1v) is 5.39. The van der Waals surface area contributed by atoms with Crippen LogP contribution in [0.15, 0.2) is 12.1 Å². The molecule has 4 nitrogen and oxygen atoms in total. The van der Waals surface area contributed by atoms with Crippen LogP contribution in [-0.2, 0) is 0 Å². The van der Waals surface area contributed by atoms with Crippen LogP contribution in [0.25, 0.3) is 0 Å². The van der Waals surface area contributed by atoms with E-state index >= 15 is 0 Å². The molecule has 2 N–H and O–H groups in total. The predicted octanol–water partition coefficient (Wildman–Crippen LogP) is 1.87. The molecule has 0 radical (unpaired) electrons. The van der Waals surface area contributed by atoms with Crippen molar-refractivity contribution in [1.29, 1.82) is 0 Å². The van der Waals surface area contributed by atoms with Crippen LogP contribution >= 0.6 is 0 Å². The minimum atomic E-state index is -0.124. The first-order chi connectivity index (χ1) is 7.71. The standard InChI is InChI=1S/C12H17NO3/c1-4-8-12(13)11-9(15-3)5-7(14-2)6-10(11)16-8/h5-6,8,12H,4,13H2,1-3H3. The average molecular weight is 223 g/mol. The van der Waals surface area contributed by atoms with Crippen LogP contribution in [0.1, 0.15) is 24.9 Å². The molecule has 88 valence electrons. The summed E-state index contributed by atoms with van der Waals surface area (Å²) in [5.74, 6) is 2.23. The molecule has 0 spiro atoms. The van der Waals surface area contributed by atoms with E-state index < -0.39 is 0 Å². The Bertz CT molecular complexity index is 392. The van der Waals surface area contributed by atoms with Crippen molar-refractivity contribution in [3.8, 4) is 17.2 Å². The molecule has 2 rings (SSSR count). The van der Waals surface area contributed by atoms with E-state index in [1.165, 1.54) is 0 Å². The van der Waals surface area contributed by atoms with E-state index in [1.54, 1.807) is 14.2 Å². The average Bonchev–Trinajstić information content (AvgIpc) is 2.65. The molecular formula is C12H17NO3. The molecule has 0 bridgehead atoms. The molecule has 0 aromatic heterocycles. The highest BCUT2D eigenvalue weighted by Crippen LogP contribution is 2.44. The Morgan fingerprint density at radius 2 is 2.06 bits per heavy atom. The predicted molar refractivity (Wildman–Crippen MR) is 61.2 cm³/mol. The highest BCUT2D eigenvalue weighted by atomic mass is 16.5. The second kappa shape index (κ2) is 4.22. The SMILES string of the molecule is CCC1Oc2cc(OC)cc(OC)c2C1N. The summed E-state index contributed by atoms with van der Waals surface area (Å²) in [6.45, 7) is 2.06. The van der Waals surface area contributed by atoms with Crippen LogP contribution in [0, 0.1) is 0 Å². The highest BCUT2D eigenvalue weighted by molar-refractivity contribution is 5.54. The molecular weight excluding hydrogens is 206 g/mol. The van der Waals surface area contributed by atoms with Gasteiger partial charge in [-0.2, -0.15) is 0 Å². The van der Waals surface area contributed by atoms with E-state index in [-0.39, 0.29) is 12.1 Å². The van der Waals surface area contributed by atoms with Crippen molar-refractivity contribution in [2.75, 3.05) is 14.2 Å². The van der Waals surface area contributed by atoms with Crippen molar-refractivity contribution in [2.24, 2.45) is 5.73 Å². The van der Waals surface area contributed by atoms with Crippen molar-refractivity contribution in [2.45, 2.75) is 25.5 Å². The quantitative estimate of drug-likeness (QED) is 0.850. The van der Waals surface area contributed by atoms with Gasteiger partial charge in [0, 0.05) is 12.1 Å². The van der Waals surface area contributed by atoms with Gasteiger partial charge in [0.1, 0.15) is 23.4 Å². The van der Waals surface area contributed by atoms with Crippen LogP contribution < -0.4 is 19.9 Å². The smallest absolute Gasteiger partial charge is 0.132 e. The molecule has 1 aromatic carbocycles. The topological polar surface area (TPSA) is 53.7 Å². The second-order valence-corrected chi connectivity index (χ2v) is 3.83. The van der Waals surface area contributed by atoms with E-state index in [2.05, 4.69) is 6.92 Å². The maximum atomic E-state index is 6.12. The molecule has 1 aliphatic rings. The molecule has 1 aromatic rings. The summed E-state index contributed by atoms with van der Waals surface area (Å²) in [4.78, 5) is 0. The molecule has 2 unspecified atom stereocenters. The molecule has 0 saturated heterocycles. The number of benzene rings is 1. The molecule has 1 heterocycles. The first kappa shape index (κ1) is 11.1. The van der Waals surface area contributed by atoms with E-state index in [0.29, 0.717) is 0 Å². The molecule has 2 atom stereocenters. The normalized spacial score (nSPS) is 22.5. The van der Waals surface area contributed by atoms with Crippen molar-refractivity contribution in [3.05, 3.63) is 17.7 Å². The lowest BCUT2D eigenvalue weighted by atomic mass is 10.0. The molecule has 1 aliphatic heterocycles. The van der Waals surface area contributed by atoms with Gasteiger partial charge >= 0.3 is 0 Å². The lowest BCUT2D eigenvalue weighted by Gasteiger charge is -2.13. The van der Waals surface area contributed by atoms with Gasteiger partial charge in [-0.05, 0) is 6.42 Å². The van der Waals surface area contributed by atoms with E-state index in [0.717, 1.165) is 29.2 Å². The molecule has 0 fully saturated rings. The van der Waals surface area contributed by atoms with E-state index in [1.807, 2.05) is 12.1 Å². The zero-order valence-corrected chi connectivity index (χ0v) is 9.82. The molecule has 4 heteroatoms. The van der Waals surface area contributed by atoms with Crippen LogP contribution in [-0.4, -0.2) is 20.3 Å². The van der Waals surface area contributed by atoms with Gasteiger partial charge in [-0.15, -0.1) is 0 Å². The fourth-order valence-electron chi connectivity index (χ4n) is 2.05. The van der Waals surface area contributed by atoms with Gasteiger partial charge in [0.25, 0.3) is 0 Å². The Labute approximate surface area is 95.3 Å². The fraction of sp³-hybridized carbons (Fsp3) is 0.500. The van der Waals surface area contributed by atoms with Crippen LogP contribution in [0.5, 0.6) is 17.2 Å². The number of fused-ring (bicyclic) bond motifs is 1. The third kappa shape index (κ3) is 1.59. The maximum absolute atomic E-state index is 6.12. The van der Waals surface area contributed by atoms with Gasteiger partial charge in [-0.25, -0.2) is 0 Å². The zero-order valence-electron chi connectivity index (χ0n) is 9.82. The van der Waals surface area contributed by atoms with Gasteiger partial charge in [0.05, 0.1) is 25.8 Å². The molecule has 0 aliphatic carbocycles. The Hall–Kier alpha value is -1.42. The highest BCUT2D eigenvalue weighted by Gasteiger charge is 2.33. The summed E-state index contributed by atoms with van der Waals surface area (Å²) in [5, 5.41) is 0. The van der Waals surface area contributed by atoms with Crippen molar-refractivity contribution < 1.29 is 14.2 Å². The Balaban J connectivity index is 2.47. The largest absolute Gasteiger partial charge is 0.496 e. The maximum Gasteiger partial charge on any atom is 0.132 e. The summed E-state index contributed by atoms with van der Waals surface area (Å²) < 4.78 is 16.3. The van der Waals surface area contributed by atoms with Crippen molar-refractivity contribution in [3.63, 3.8) is 0 Å². The summed E-state index contributed by atoms with van der Waals surface area (Å²) in [7, 11) is 3.24. The lowest BCUT2D eigenvalue weighted by Crippen LogP contribution is -2.24. The third-order valence-electron chi connectivity index (χ3n) is 2.95. The number of hydrogen-bond donors (Lipinski definition) is 1. The third-order valence-corrected chi connectivity index (χ3v) is 2.95. The summed E-state index contributed by atoms with van der Waals surface area (Å²) in [6.07, 6.45) is 0.900. The summed E-state index contributed by atoms with van der Waals surface area (Å²) >= 11 is 0. The Morgan fingerprint density at radius 1 is 1.31 bits per heavy atom. The Morgan fingerprint density at radius 3 is 2.62 bits per heavy atom.